The quantitative estimate of drug-likeness (QED) is 0.828. The van der Waals surface area contributed by atoms with E-state index in [1.807, 2.05) is 11.0 Å². The van der Waals surface area contributed by atoms with E-state index in [2.05, 4.69) is 38.1 Å². The molecule has 120 valence electrons. The molecule has 0 spiro atoms. The first kappa shape index (κ1) is 15.6. The van der Waals surface area contributed by atoms with Crippen LogP contribution in [0.5, 0.6) is 5.75 Å². The summed E-state index contributed by atoms with van der Waals surface area (Å²) in [5, 5.41) is 0. The standard InChI is InChI=1S/C20H23NO2/c1-13-7-8-16(10-14(13)2)19-12-18(23-4)11-17-6-5-9-21(15(3)22)20(17)19/h7-8,10-12H,5-6,9H2,1-4H3. The van der Waals surface area contributed by atoms with Gasteiger partial charge in [0, 0.05) is 19.0 Å². The number of hydrogen-bond acceptors (Lipinski definition) is 2. The van der Waals surface area contributed by atoms with Crippen molar-refractivity contribution in [3.8, 4) is 16.9 Å². The molecular weight excluding hydrogens is 286 g/mol. The largest absolute Gasteiger partial charge is 0.497 e. The van der Waals surface area contributed by atoms with Crippen LogP contribution in [-0.2, 0) is 11.2 Å². The minimum absolute atomic E-state index is 0.0983. The Kier molecular flexibility index (Phi) is 4.12. The van der Waals surface area contributed by atoms with Crippen LogP contribution in [-0.4, -0.2) is 19.6 Å². The zero-order valence-corrected chi connectivity index (χ0v) is 14.3. The molecule has 0 radical (unpaired) electrons. The fourth-order valence-corrected chi connectivity index (χ4v) is 3.28. The Bertz CT molecular complexity index is 764. The highest BCUT2D eigenvalue weighted by molar-refractivity contribution is 5.98. The maximum absolute atomic E-state index is 12.1. The van der Waals surface area contributed by atoms with Crippen LogP contribution in [0, 0.1) is 13.8 Å². The molecule has 1 amide bonds. The fraction of sp³-hybridized carbons (Fsp3) is 0.350. The molecule has 3 rings (SSSR count). The van der Waals surface area contributed by atoms with Crippen LogP contribution in [0.1, 0.15) is 30.0 Å². The molecule has 0 aliphatic carbocycles. The van der Waals surface area contributed by atoms with Crippen molar-refractivity contribution in [2.75, 3.05) is 18.6 Å². The number of ether oxygens (including phenoxy) is 1. The molecule has 0 fully saturated rings. The van der Waals surface area contributed by atoms with Gasteiger partial charge in [0.1, 0.15) is 5.75 Å². The molecule has 0 saturated heterocycles. The lowest BCUT2D eigenvalue weighted by Gasteiger charge is -2.31. The van der Waals surface area contributed by atoms with Crippen LogP contribution in [0.3, 0.4) is 0 Å². The minimum atomic E-state index is 0.0983. The lowest BCUT2D eigenvalue weighted by molar-refractivity contribution is -0.116. The van der Waals surface area contributed by atoms with Crippen LogP contribution < -0.4 is 9.64 Å². The topological polar surface area (TPSA) is 29.5 Å². The lowest BCUT2D eigenvalue weighted by atomic mass is 9.92. The van der Waals surface area contributed by atoms with Gasteiger partial charge in [-0.1, -0.05) is 18.2 Å². The van der Waals surface area contributed by atoms with Gasteiger partial charge in [0.2, 0.25) is 5.91 Å². The number of aryl methyl sites for hydroxylation is 3. The highest BCUT2D eigenvalue weighted by atomic mass is 16.5. The summed E-state index contributed by atoms with van der Waals surface area (Å²) in [5.74, 6) is 0.948. The number of nitrogens with zero attached hydrogens (tertiary/aromatic N) is 1. The van der Waals surface area contributed by atoms with Gasteiger partial charge in [0.15, 0.2) is 0 Å². The smallest absolute Gasteiger partial charge is 0.223 e. The number of benzene rings is 2. The summed E-state index contributed by atoms with van der Waals surface area (Å²) in [6, 6.07) is 10.6. The molecule has 0 N–H and O–H groups in total. The SMILES string of the molecule is COc1cc2c(c(-c3ccc(C)c(C)c3)c1)N(C(C)=O)CCC2. The zero-order chi connectivity index (χ0) is 16.6. The summed E-state index contributed by atoms with van der Waals surface area (Å²) in [6.07, 6.45) is 1.97. The monoisotopic (exact) mass is 309 g/mol. The van der Waals surface area contributed by atoms with Gasteiger partial charge in [-0.15, -0.1) is 0 Å². The molecule has 0 unspecified atom stereocenters. The molecular formula is C20H23NO2. The van der Waals surface area contributed by atoms with Crippen molar-refractivity contribution in [1.29, 1.82) is 0 Å². The Morgan fingerprint density at radius 2 is 1.91 bits per heavy atom. The second-order valence-electron chi connectivity index (χ2n) is 6.26. The van der Waals surface area contributed by atoms with Crippen molar-refractivity contribution in [3.63, 3.8) is 0 Å². The molecule has 0 aromatic heterocycles. The van der Waals surface area contributed by atoms with E-state index in [4.69, 9.17) is 4.74 Å². The van der Waals surface area contributed by atoms with Crippen molar-refractivity contribution < 1.29 is 9.53 Å². The van der Waals surface area contributed by atoms with Crippen LogP contribution in [0.25, 0.3) is 11.1 Å². The first-order valence-electron chi connectivity index (χ1n) is 8.08. The molecule has 2 aromatic carbocycles. The molecule has 1 aliphatic heterocycles. The third kappa shape index (κ3) is 2.83. The Balaban J connectivity index is 2.25. The number of amides is 1. The van der Waals surface area contributed by atoms with Crippen molar-refractivity contribution >= 4 is 11.6 Å². The van der Waals surface area contributed by atoms with Crippen LogP contribution in [0.15, 0.2) is 30.3 Å². The molecule has 1 aliphatic rings. The fourth-order valence-electron chi connectivity index (χ4n) is 3.28. The van der Waals surface area contributed by atoms with E-state index in [9.17, 15) is 4.79 Å². The summed E-state index contributed by atoms with van der Waals surface area (Å²) in [6.45, 7) is 6.66. The van der Waals surface area contributed by atoms with Gasteiger partial charge in [-0.3, -0.25) is 4.79 Å². The average molecular weight is 309 g/mol. The first-order chi connectivity index (χ1) is 11.0. The van der Waals surface area contributed by atoms with Gasteiger partial charge < -0.3 is 9.64 Å². The third-order valence-corrected chi connectivity index (χ3v) is 4.69. The molecule has 3 heteroatoms. The van der Waals surface area contributed by atoms with Crippen molar-refractivity contribution in [1.82, 2.24) is 0 Å². The lowest BCUT2D eigenvalue weighted by Crippen LogP contribution is -2.34. The van der Waals surface area contributed by atoms with Crippen molar-refractivity contribution in [3.05, 3.63) is 47.0 Å². The highest BCUT2D eigenvalue weighted by Crippen LogP contribution is 2.41. The predicted molar refractivity (Wildman–Crippen MR) is 94.3 cm³/mol. The molecule has 23 heavy (non-hydrogen) atoms. The van der Waals surface area contributed by atoms with E-state index in [0.29, 0.717) is 0 Å². The summed E-state index contributed by atoms with van der Waals surface area (Å²) in [5.41, 5.74) is 6.98. The van der Waals surface area contributed by atoms with E-state index < -0.39 is 0 Å². The van der Waals surface area contributed by atoms with E-state index in [0.717, 1.165) is 42.0 Å². The van der Waals surface area contributed by atoms with E-state index in [1.54, 1.807) is 14.0 Å². The van der Waals surface area contributed by atoms with Gasteiger partial charge in [-0.25, -0.2) is 0 Å². The van der Waals surface area contributed by atoms with E-state index in [-0.39, 0.29) is 5.91 Å². The van der Waals surface area contributed by atoms with E-state index in [1.165, 1.54) is 16.7 Å². The molecule has 0 atom stereocenters. The van der Waals surface area contributed by atoms with Gasteiger partial charge in [-0.05, 0) is 61.1 Å². The van der Waals surface area contributed by atoms with Crippen molar-refractivity contribution in [2.45, 2.75) is 33.6 Å². The Morgan fingerprint density at radius 3 is 2.57 bits per heavy atom. The summed E-state index contributed by atoms with van der Waals surface area (Å²) in [4.78, 5) is 14.0. The highest BCUT2D eigenvalue weighted by Gasteiger charge is 2.25. The van der Waals surface area contributed by atoms with Gasteiger partial charge in [0.05, 0.1) is 12.8 Å². The van der Waals surface area contributed by atoms with Gasteiger partial charge in [0.25, 0.3) is 0 Å². The Labute approximate surface area is 137 Å². The predicted octanol–water partition coefficient (Wildman–Crippen LogP) is 4.28. The number of fused-ring (bicyclic) bond motifs is 1. The molecule has 0 bridgehead atoms. The Hall–Kier alpha value is -2.29. The number of methoxy groups -OCH3 is 1. The summed E-state index contributed by atoms with van der Waals surface area (Å²) >= 11 is 0. The molecule has 0 saturated carbocycles. The van der Waals surface area contributed by atoms with E-state index >= 15 is 0 Å². The second kappa shape index (κ2) is 6.07. The average Bonchev–Trinajstić information content (AvgIpc) is 2.55. The number of hydrogen-bond donors (Lipinski definition) is 0. The molecule has 2 aromatic rings. The summed E-state index contributed by atoms with van der Waals surface area (Å²) in [7, 11) is 1.69. The maximum atomic E-state index is 12.1. The number of carbonyl (C=O) groups excluding carboxylic acids is 1. The van der Waals surface area contributed by atoms with Gasteiger partial charge >= 0.3 is 0 Å². The second-order valence-corrected chi connectivity index (χ2v) is 6.26. The van der Waals surface area contributed by atoms with Crippen molar-refractivity contribution in [2.24, 2.45) is 0 Å². The number of carbonyl (C=O) groups is 1. The van der Waals surface area contributed by atoms with Gasteiger partial charge in [-0.2, -0.15) is 0 Å². The van der Waals surface area contributed by atoms with Crippen LogP contribution in [0.4, 0.5) is 5.69 Å². The van der Waals surface area contributed by atoms with Crippen LogP contribution in [0.2, 0.25) is 0 Å². The number of anilines is 1. The zero-order valence-electron chi connectivity index (χ0n) is 14.3. The maximum Gasteiger partial charge on any atom is 0.223 e. The third-order valence-electron chi connectivity index (χ3n) is 4.69. The first-order valence-corrected chi connectivity index (χ1v) is 8.08. The minimum Gasteiger partial charge on any atom is -0.497 e. The van der Waals surface area contributed by atoms with Crippen LogP contribution >= 0.6 is 0 Å². The molecule has 3 nitrogen and oxygen atoms in total. The summed E-state index contributed by atoms with van der Waals surface area (Å²) < 4.78 is 5.49. The Morgan fingerprint density at radius 1 is 1.13 bits per heavy atom. The normalized spacial score (nSPS) is 13.7. The molecule has 1 heterocycles. The number of rotatable bonds is 2.